The van der Waals surface area contributed by atoms with Gasteiger partial charge in [0.1, 0.15) is 5.92 Å². The summed E-state index contributed by atoms with van der Waals surface area (Å²) in [5, 5.41) is 0.871. The zero-order chi connectivity index (χ0) is 23.1. The number of nitrogens with two attached hydrogens (primary N) is 1. The third kappa shape index (κ3) is 6.63. The summed E-state index contributed by atoms with van der Waals surface area (Å²) in [7, 11) is 0. The van der Waals surface area contributed by atoms with Crippen molar-refractivity contribution in [3.05, 3.63) is 59.3 Å². The van der Waals surface area contributed by atoms with E-state index in [1.165, 1.54) is 37.7 Å². The zero-order valence-electron chi connectivity index (χ0n) is 19.0. The fourth-order valence-corrected chi connectivity index (χ4v) is 5.63. The van der Waals surface area contributed by atoms with Crippen LogP contribution >= 0.6 is 15.9 Å². The van der Waals surface area contributed by atoms with Gasteiger partial charge in [0.2, 0.25) is 0 Å². The van der Waals surface area contributed by atoms with E-state index in [0.717, 1.165) is 24.8 Å². The first-order valence-corrected chi connectivity index (χ1v) is 13.0. The summed E-state index contributed by atoms with van der Waals surface area (Å²) in [6.07, 6.45) is 6.40. The van der Waals surface area contributed by atoms with Crippen LogP contribution in [0, 0.1) is 17.8 Å². The monoisotopic (exact) mass is 512 g/mol. The maximum absolute atomic E-state index is 13.7. The molecule has 0 radical (unpaired) electrons. The molecular weight excluding hydrogens is 477 g/mol. The molecule has 6 heteroatoms. The molecule has 0 amide bonds. The van der Waals surface area contributed by atoms with Gasteiger partial charge in [-0.25, -0.2) is 0 Å². The minimum absolute atomic E-state index is 0.00901. The summed E-state index contributed by atoms with van der Waals surface area (Å²) in [6, 6.07) is 10.6. The van der Waals surface area contributed by atoms with Crippen LogP contribution in [0.1, 0.15) is 56.9 Å². The SMILES string of the molecule is CC1C=CC(CN(CCCBr)CC(c2ccccc2)C2CCCCC2)=C(N)C1C(F)(F)F. The number of hydrogen-bond acceptors (Lipinski definition) is 2. The average Bonchev–Trinajstić information content (AvgIpc) is 2.77. The average molecular weight is 513 g/mol. The predicted molar refractivity (Wildman–Crippen MR) is 130 cm³/mol. The van der Waals surface area contributed by atoms with Crippen LogP contribution in [0.3, 0.4) is 0 Å². The molecule has 1 saturated carbocycles. The highest BCUT2D eigenvalue weighted by atomic mass is 79.9. The third-order valence-corrected chi connectivity index (χ3v) is 7.65. The van der Waals surface area contributed by atoms with Gasteiger partial charge in [-0.3, -0.25) is 4.90 Å². The van der Waals surface area contributed by atoms with E-state index in [4.69, 9.17) is 5.73 Å². The molecule has 2 aliphatic rings. The minimum atomic E-state index is -4.32. The van der Waals surface area contributed by atoms with Crippen LogP contribution in [0.25, 0.3) is 0 Å². The Hall–Kier alpha value is -1.27. The Balaban J connectivity index is 1.84. The van der Waals surface area contributed by atoms with Gasteiger partial charge in [-0.2, -0.15) is 13.2 Å². The van der Waals surface area contributed by atoms with E-state index >= 15 is 0 Å². The van der Waals surface area contributed by atoms with Gasteiger partial charge in [0.15, 0.2) is 0 Å². The van der Waals surface area contributed by atoms with Crippen LogP contribution in [0.15, 0.2) is 53.8 Å². The third-order valence-electron chi connectivity index (χ3n) is 7.09. The molecule has 3 rings (SSSR count). The van der Waals surface area contributed by atoms with Crippen molar-refractivity contribution < 1.29 is 13.2 Å². The largest absolute Gasteiger partial charge is 0.401 e. The van der Waals surface area contributed by atoms with E-state index < -0.39 is 18.0 Å². The summed E-state index contributed by atoms with van der Waals surface area (Å²) in [4.78, 5) is 2.32. The number of rotatable bonds is 9. The molecule has 1 fully saturated rings. The Bertz CT molecular complexity index is 769. The number of hydrogen-bond donors (Lipinski definition) is 1. The second-order valence-electron chi connectivity index (χ2n) is 9.41. The maximum atomic E-state index is 13.7. The highest BCUT2D eigenvalue weighted by Crippen LogP contribution is 2.41. The smallest absolute Gasteiger partial charge is 0.397 e. The molecule has 2 aliphatic carbocycles. The molecule has 32 heavy (non-hydrogen) atoms. The summed E-state index contributed by atoms with van der Waals surface area (Å²) >= 11 is 3.52. The quantitative estimate of drug-likeness (QED) is 0.359. The Morgan fingerprint density at radius 2 is 1.81 bits per heavy atom. The molecule has 3 atom stereocenters. The summed E-state index contributed by atoms with van der Waals surface area (Å²) in [6.45, 7) is 3.73. The highest BCUT2D eigenvalue weighted by Gasteiger charge is 2.46. The fourth-order valence-electron chi connectivity index (χ4n) is 5.38. The minimum Gasteiger partial charge on any atom is -0.401 e. The van der Waals surface area contributed by atoms with Crippen molar-refractivity contribution in [3.8, 4) is 0 Å². The first kappa shape index (κ1) is 25.4. The van der Waals surface area contributed by atoms with Crippen LogP contribution < -0.4 is 5.73 Å². The van der Waals surface area contributed by atoms with Gasteiger partial charge in [-0.1, -0.05) is 84.6 Å². The Morgan fingerprint density at radius 1 is 1.12 bits per heavy atom. The van der Waals surface area contributed by atoms with Crippen molar-refractivity contribution in [1.82, 2.24) is 4.90 Å². The van der Waals surface area contributed by atoms with Gasteiger partial charge < -0.3 is 5.73 Å². The second kappa shape index (κ2) is 11.7. The summed E-state index contributed by atoms with van der Waals surface area (Å²) < 4.78 is 41.0. The van der Waals surface area contributed by atoms with Gasteiger partial charge in [0.05, 0.1) is 0 Å². The molecule has 0 spiro atoms. The van der Waals surface area contributed by atoms with Gasteiger partial charge in [0, 0.05) is 24.1 Å². The predicted octanol–water partition coefficient (Wildman–Crippen LogP) is 7.03. The molecule has 0 saturated heterocycles. The van der Waals surface area contributed by atoms with Crippen molar-refractivity contribution in [1.29, 1.82) is 0 Å². The fraction of sp³-hybridized carbons (Fsp3) is 0.615. The molecule has 2 N–H and O–H groups in total. The summed E-state index contributed by atoms with van der Waals surface area (Å²) in [5.41, 5.74) is 8.08. The first-order chi connectivity index (χ1) is 15.3. The molecule has 0 aromatic heterocycles. The van der Waals surface area contributed by atoms with Crippen LogP contribution in [0.2, 0.25) is 0 Å². The van der Waals surface area contributed by atoms with Crippen LogP contribution in [-0.4, -0.2) is 36.0 Å². The number of nitrogens with zero attached hydrogens (tertiary/aromatic N) is 1. The standard InChI is InChI=1S/C26H36BrF3N2/c1-19-13-14-22(25(31)24(19)26(28,29)30)17-32(16-8-15-27)18-23(20-9-4-2-5-10-20)21-11-6-3-7-12-21/h2,4-5,9-10,13-14,19,21,23-24H,3,6-8,11-12,15-18,31H2,1H3. The Kier molecular flexibility index (Phi) is 9.30. The molecule has 1 aromatic rings. The molecule has 0 aliphatic heterocycles. The molecule has 0 heterocycles. The molecule has 178 valence electrons. The van der Waals surface area contributed by atoms with Crippen LogP contribution in [0.5, 0.6) is 0 Å². The lowest BCUT2D eigenvalue weighted by atomic mass is 9.76. The van der Waals surface area contributed by atoms with E-state index in [1.807, 2.05) is 12.1 Å². The van der Waals surface area contributed by atoms with Gasteiger partial charge in [-0.15, -0.1) is 0 Å². The van der Waals surface area contributed by atoms with Crippen molar-refractivity contribution >= 4 is 15.9 Å². The normalized spacial score (nSPS) is 23.7. The number of halogens is 4. The van der Waals surface area contributed by atoms with E-state index in [9.17, 15) is 13.2 Å². The van der Waals surface area contributed by atoms with Crippen LogP contribution in [-0.2, 0) is 0 Å². The highest BCUT2D eigenvalue weighted by molar-refractivity contribution is 9.09. The Labute approximate surface area is 199 Å². The lowest BCUT2D eigenvalue weighted by Gasteiger charge is -2.36. The van der Waals surface area contributed by atoms with Crippen molar-refractivity contribution in [2.45, 2.75) is 57.5 Å². The van der Waals surface area contributed by atoms with Crippen molar-refractivity contribution in [2.24, 2.45) is 23.5 Å². The zero-order valence-corrected chi connectivity index (χ0v) is 20.5. The lowest BCUT2D eigenvalue weighted by Crippen LogP contribution is -2.39. The van der Waals surface area contributed by atoms with Gasteiger partial charge in [-0.05, 0) is 54.7 Å². The summed E-state index contributed by atoms with van der Waals surface area (Å²) in [5.74, 6) is -1.22. The molecule has 0 bridgehead atoms. The molecule has 2 nitrogen and oxygen atoms in total. The van der Waals surface area contributed by atoms with Crippen molar-refractivity contribution in [2.75, 3.05) is 25.0 Å². The van der Waals surface area contributed by atoms with Gasteiger partial charge in [0.25, 0.3) is 0 Å². The first-order valence-electron chi connectivity index (χ1n) is 11.9. The van der Waals surface area contributed by atoms with Crippen molar-refractivity contribution in [3.63, 3.8) is 0 Å². The van der Waals surface area contributed by atoms with E-state index in [1.54, 1.807) is 13.0 Å². The molecule has 3 unspecified atom stereocenters. The second-order valence-corrected chi connectivity index (χ2v) is 10.2. The van der Waals surface area contributed by atoms with E-state index in [0.29, 0.717) is 24.0 Å². The number of allylic oxidation sites excluding steroid dienone is 2. The number of alkyl halides is 4. The number of benzene rings is 1. The molecule has 1 aromatic carbocycles. The maximum Gasteiger partial charge on any atom is 0.397 e. The van der Waals surface area contributed by atoms with Gasteiger partial charge >= 0.3 is 6.18 Å². The van der Waals surface area contributed by atoms with Crippen LogP contribution in [0.4, 0.5) is 13.2 Å². The van der Waals surface area contributed by atoms with E-state index in [2.05, 4.69) is 45.1 Å². The topological polar surface area (TPSA) is 29.3 Å². The molecular formula is C26H36BrF3N2. The Morgan fingerprint density at radius 3 is 2.44 bits per heavy atom. The lowest BCUT2D eigenvalue weighted by molar-refractivity contribution is -0.172. The van der Waals surface area contributed by atoms with E-state index in [-0.39, 0.29) is 5.70 Å².